The van der Waals surface area contributed by atoms with Gasteiger partial charge in [-0.25, -0.2) is 4.68 Å². The van der Waals surface area contributed by atoms with E-state index in [0.29, 0.717) is 0 Å². The molecule has 6 nitrogen and oxygen atoms in total. The Labute approximate surface area is 173 Å². The van der Waals surface area contributed by atoms with Gasteiger partial charge in [-0.15, -0.1) is 0 Å². The summed E-state index contributed by atoms with van der Waals surface area (Å²) < 4.78 is 1.86. The summed E-state index contributed by atoms with van der Waals surface area (Å²) in [6, 6.07) is 21.2. The van der Waals surface area contributed by atoms with Crippen molar-refractivity contribution in [3.05, 3.63) is 84.2 Å². The molecule has 1 unspecified atom stereocenters. The summed E-state index contributed by atoms with van der Waals surface area (Å²) in [7, 11) is 6.01. The van der Waals surface area contributed by atoms with E-state index in [1.54, 1.807) is 13.2 Å². The molecular weight excluding hydrogens is 360 g/mol. The quantitative estimate of drug-likeness (QED) is 0.459. The van der Waals surface area contributed by atoms with Crippen molar-refractivity contribution in [2.75, 3.05) is 34.2 Å². The Hall–Kier alpha value is -3.12. The summed E-state index contributed by atoms with van der Waals surface area (Å²) in [6.07, 6.45) is 4.66. The molecule has 1 atom stereocenters. The van der Waals surface area contributed by atoms with Crippen molar-refractivity contribution in [2.24, 2.45) is 4.99 Å². The van der Waals surface area contributed by atoms with E-state index in [1.165, 1.54) is 11.1 Å². The van der Waals surface area contributed by atoms with Crippen LogP contribution in [0.4, 0.5) is 0 Å². The molecule has 0 saturated carbocycles. The van der Waals surface area contributed by atoms with Gasteiger partial charge in [0.25, 0.3) is 0 Å². The second-order valence-corrected chi connectivity index (χ2v) is 7.14. The summed E-state index contributed by atoms with van der Waals surface area (Å²) in [5, 5.41) is 11.1. The van der Waals surface area contributed by atoms with E-state index in [4.69, 9.17) is 0 Å². The van der Waals surface area contributed by atoms with Crippen LogP contribution in [0.15, 0.2) is 78.0 Å². The highest BCUT2D eigenvalue weighted by molar-refractivity contribution is 5.79. The van der Waals surface area contributed by atoms with Gasteiger partial charge in [0.15, 0.2) is 5.96 Å². The third-order valence-corrected chi connectivity index (χ3v) is 4.91. The zero-order valence-corrected chi connectivity index (χ0v) is 17.4. The molecule has 3 rings (SSSR count). The second kappa shape index (κ2) is 10.4. The number of aromatic nitrogens is 2. The van der Waals surface area contributed by atoms with Crippen molar-refractivity contribution >= 4 is 5.96 Å². The van der Waals surface area contributed by atoms with Gasteiger partial charge in [-0.1, -0.05) is 42.5 Å². The second-order valence-electron chi connectivity index (χ2n) is 7.14. The normalized spacial score (nSPS) is 12.8. The third-order valence-electron chi connectivity index (χ3n) is 4.91. The van der Waals surface area contributed by atoms with Gasteiger partial charge < -0.3 is 15.5 Å². The lowest BCUT2D eigenvalue weighted by molar-refractivity contribution is 0.298. The number of benzene rings is 2. The fourth-order valence-corrected chi connectivity index (χ4v) is 3.25. The van der Waals surface area contributed by atoms with Gasteiger partial charge in [0.05, 0.1) is 11.7 Å². The molecule has 3 aromatic rings. The number of hydrogen-bond acceptors (Lipinski definition) is 3. The lowest BCUT2D eigenvalue weighted by Crippen LogP contribution is -2.42. The predicted molar refractivity (Wildman–Crippen MR) is 120 cm³/mol. The summed E-state index contributed by atoms with van der Waals surface area (Å²) in [5.74, 6) is 0.820. The molecule has 0 aliphatic rings. The molecule has 0 amide bonds. The zero-order chi connectivity index (χ0) is 20.5. The van der Waals surface area contributed by atoms with Crippen LogP contribution >= 0.6 is 0 Å². The molecule has 0 aliphatic heterocycles. The van der Waals surface area contributed by atoms with Crippen LogP contribution in [0.3, 0.4) is 0 Å². The number of nitrogens with zero attached hydrogens (tertiary/aromatic N) is 4. The number of aliphatic imine (C=N–C) groups is 1. The van der Waals surface area contributed by atoms with Crippen molar-refractivity contribution in [3.63, 3.8) is 0 Å². The van der Waals surface area contributed by atoms with E-state index in [1.807, 2.05) is 23.0 Å². The minimum absolute atomic E-state index is 0.282. The molecule has 0 spiro atoms. The van der Waals surface area contributed by atoms with E-state index in [9.17, 15) is 0 Å². The highest BCUT2D eigenvalue weighted by Crippen LogP contribution is 2.16. The number of nitrogens with one attached hydrogen (secondary N) is 2. The average molecular weight is 391 g/mol. The number of rotatable bonds is 8. The van der Waals surface area contributed by atoms with Gasteiger partial charge >= 0.3 is 0 Å². The average Bonchev–Trinajstić information content (AvgIpc) is 3.28. The van der Waals surface area contributed by atoms with Crippen molar-refractivity contribution < 1.29 is 0 Å². The maximum absolute atomic E-state index is 4.36. The van der Waals surface area contributed by atoms with Gasteiger partial charge in [-0.3, -0.25) is 4.99 Å². The summed E-state index contributed by atoms with van der Waals surface area (Å²) in [5.41, 5.74) is 3.64. The maximum Gasteiger partial charge on any atom is 0.191 e. The largest absolute Gasteiger partial charge is 0.356 e. The first-order valence-electron chi connectivity index (χ1n) is 9.92. The third kappa shape index (κ3) is 5.93. The Morgan fingerprint density at radius 2 is 1.79 bits per heavy atom. The monoisotopic (exact) mass is 390 g/mol. The van der Waals surface area contributed by atoms with Crippen molar-refractivity contribution in [2.45, 2.75) is 12.5 Å². The Balaban J connectivity index is 1.48. The summed E-state index contributed by atoms with van der Waals surface area (Å²) in [6.45, 7) is 1.61. The number of hydrogen-bond donors (Lipinski definition) is 2. The maximum atomic E-state index is 4.36. The van der Waals surface area contributed by atoms with Gasteiger partial charge in [-0.05, 0) is 49.8 Å². The van der Waals surface area contributed by atoms with Crippen molar-refractivity contribution in [1.82, 2.24) is 25.3 Å². The Bertz CT molecular complexity index is 870. The van der Waals surface area contributed by atoms with E-state index in [0.717, 1.165) is 31.2 Å². The topological polar surface area (TPSA) is 57.5 Å². The van der Waals surface area contributed by atoms with Crippen LogP contribution in [0, 0.1) is 0 Å². The van der Waals surface area contributed by atoms with Gasteiger partial charge in [-0.2, -0.15) is 5.10 Å². The van der Waals surface area contributed by atoms with Gasteiger partial charge in [0, 0.05) is 32.5 Å². The lowest BCUT2D eigenvalue weighted by Gasteiger charge is -2.26. The van der Waals surface area contributed by atoms with E-state index in [2.05, 4.69) is 88.3 Å². The Morgan fingerprint density at radius 3 is 2.41 bits per heavy atom. The minimum atomic E-state index is 0.282. The van der Waals surface area contributed by atoms with Gasteiger partial charge in [0.1, 0.15) is 0 Å². The number of guanidine groups is 1. The standard InChI is InChI=1S/C23H30N6/c1-24-23(26-18-22(28(2)3)20-8-5-4-6-9-20)25-16-14-19-10-12-21(13-11-19)29-17-7-15-27-29/h4-13,15,17,22H,14,16,18H2,1-3H3,(H2,24,25,26). The molecule has 29 heavy (non-hydrogen) atoms. The minimum Gasteiger partial charge on any atom is -0.356 e. The fourth-order valence-electron chi connectivity index (χ4n) is 3.25. The van der Waals surface area contributed by atoms with Crippen LogP contribution in [0.1, 0.15) is 17.2 Å². The van der Waals surface area contributed by atoms with Crippen LogP contribution in [-0.2, 0) is 6.42 Å². The molecule has 1 aromatic heterocycles. The zero-order valence-electron chi connectivity index (χ0n) is 17.4. The van der Waals surface area contributed by atoms with E-state index in [-0.39, 0.29) is 6.04 Å². The van der Waals surface area contributed by atoms with Crippen LogP contribution < -0.4 is 10.6 Å². The first-order chi connectivity index (χ1) is 14.2. The summed E-state index contributed by atoms with van der Waals surface area (Å²) in [4.78, 5) is 6.58. The Morgan fingerprint density at radius 1 is 1.03 bits per heavy atom. The summed E-state index contributed by atoms with van der Waals surface area (Å²) >= 11 is 0. The molecule has 0 fully saturated rings. The molecule has 1 heterocycles. The van der Waals surface area contributed by atoms with E-state index < -0.39 is 0 Å². The fraction of sp³-hybridized carbons (Fsp3) is 0.304. The van der Waals surface area contributed by atoms with Crippen molar-refractivity contribution in [1.29, 1.82) is 0 Å². The molecular formula is C23H30N6. The molecule has 2 aromatic carbocycles. The van der Waals surface area contributed by atoms with Crippen LogP contribution in [0.2, 0.25) is 0 Å². The van der Waals surface area contributed by atoms with Gasteiger partial charge in [0.2, 0.25) is 0 Å². The molecule has 152 valence electrons. The highest BCUT2D eigenvalue weighted by Gasteiger charge is 2.14. The highest BCUT2D eigenvalue weighted by atomic mass is 15.3. The molecule has 6 heteroatoms. The molecule has 0 aliphatic carbocycles. The van der Waals surface area contributed by atoms with Crippen LogP contribution in [0.25, 0.3) is 5.69 Å². The van der Waals surface area contributed by atoms with Crippen molar-refractivity contribution in [3.8, 4) is 5.69 Å². The van der Waals surface area contributed by atoms with Crippen LogP contribution in [-0.4, -0.2) is 54.9 Å². The smallest absolute Gasteiger partial charge is 0.191 e. The van der Waals surface area contributed by atoms with Crippen LogP contribution in [0.5, 0.6) is 0 Å². The first kappa shape index (κ1) is 20.6. The first-order valence-corrected chi connectivity index (χ1v) is 9.92. The molecule has 0 bridgehead atoms. The predicted octanol–water partition coefficient (Wildman–Crippen LogP) is 2.88. The molecule has 0 saturated heterocycles. The van der Waals surface area contributed by atoms with E-state index >= 15 is 0 Å². The Kier molecular flexibility index (Phi) is 7.41. The molecule has 0 radical (unpaired) electrons. The SMILES string of the molecule is CN=C(NCCc1ccc(-n2cccn2)cc1)NCC(c1ccccc1)N(C)C. The lowest BCUT2D eigenvalue weighted by atomic mass is 10.1. The molecule has 2 N–H and O–H groups in total. The number of likely N-dealkylation sites (N-methyl/N-ethyl adjacent to an activating group) is 1.